The Hall–Kier alpha value is -0.990. The minimum Gasteiger partial charge on any atom is -0.478 e. The van der Waals surface area contributed by atoms with Crippen molar-refractivity contribution in [1.82, 2.24) is 4.98 Å². The SMILES string of the molecule is Nc1nc(I)cc(C(F)F)c1C(=O)O. The highest BCUT2D eigenvalue weighted by Gasteiger charge is 2.22. The van der Waals surface area contributed by atoms with Gasteiger partial charge in [0.25, 0.3) is 6.43 Å². The molecule has 0 aromatic carbocycles. The van der Waals surface area contributed by atoms with Crippen LogP contribution in [0.5, 0.6) is 0 Å². The molecular weight excluding hydrogens is 309 g/mol. The zero-order valence-electron chi connectivity index (χ0n) is 6.67. The molecule has 1 heterocycles. The first-order valence-electron chi connectivity index (χ1n) is 3.41. The van der Waals surface area contributed by atoms with Crippen LogP contribution in [0.15, 0.2) is 6.07 Å². The third-order valence-corrected chi connectivity index (χ3v) is 2.05. The van der Waals surface area contributed by atoms with Gasteiger partial charge in [-0.1, -0.05) is 0 Å². The van der Waals surface area contributed by atoms with Crippen molar-refractivity contribution in [3.8, 4) is 0 Å². The number of carbonyl (C=O) groups is 1. The highest BCUT2D eigenvalue weighted by Crippen LogP contribution is 2.27. The molecule has 0 fully saturated rings. The number of anilines is 1. The normalized spacial score (nSPS) is 10.6. The Kier molecular flexibility index (Phi) is 3.19. The van der Waals surface area contributed by atoms with Gasteiger partial charge in [0.1, 0.15) is 15.1 Å². The maximum absolute atomic E-state index is 12.4. The van der Waals surface area contributed by atoms with Crippen molar-refractivity contribution in [1.29, 1.82) is 0 Å². The summed E-state index contributed by atoms with van der Waals surface area (Å²) in [5.74, 6) is -1.89. The molecule has 4 nitrogen and oxygen atoms in total. The quantitative estimate of drug-likeness (QED) is 0.646. The maximum atomic E-state index is 12.4. The van der Waals surface area contributed by atoms with Crippen LogP contribution in [0, 0.1) is 3.70 Å². The van der Waals surface area contributed by atoms with E-state index in [9.17, 15) is 13.6 Å². The first-order chi connectivity index (χ1) is 6.43. The Labute approximate surface area is 91.3 Å². The number of nitrogens with two attached hydrogens (primary N) is 1. The van der Waals surface area contributed by atoms with E-state index in [2.05, 4.69) is 4.98 Å². The number of hydrogen-bond acceptors (Lipinski definition) is 3. The molecule has 0 aliphatic carbocycles. The number of halogens is 3. The van der Waals surface area contributed by atoms with Crippen LogP contribution in [0.3, 0.4) is 0 Å². The van der Waals surface area contributed by atoms with Gasteiger partial charge in [0.15, 0.2) is 0 Å². The summed E-state index contributed by atoms with van der Waals surface area (Å²) in [6.07, 6.45) is -2.88. The van der Waals surface area contributed by atoms with Crippen molar-refractivity contribution in [3.05, 3.63) is 20.9 Å². The van der Waals surface area contributed by atoms with Gasteiger partial charge < -0.3 is 10.8 Å². The van der Waals surface area contributed by atoms with E-state index in [-0.39, 0.29) is 9.52 Å². The fourth-order valence-electron chi connectivity index (χ4n) is 0.957. The molecule has 1 aromatic rings. The second kappa shape index (κ2) is 4.03. The lowest BCUT2D eigenvalue weighted by Crippen LogP contribution is -2.10. The standard InChI is InChI=1S/C7H5F2IN2O2/c8-5(9)2-1-3(10)12-6(11)4(2)7(13)14/h1,5H,(H2,11,12)(H,13,14). The van der Waals surface area contributed by atoms with Crippen LogP contribution in [0.1, 0.15) is 22.3 Å². The maximum Gasteiger partial charge on any atom is 0.339 e. The van der Waals surface area contributed by atoms with Crippen molar-refractivity contribution >= 4 is 34.4 Å². The summed E-state index contributed by atoms with van der Waals surface area (Å²) in [6.45, 7) is 0. The van der Waals surface area contributed by atoms with Crippen molar-refractivity contribution < 1.29 is 18.7 Å². The van der Waals surface area contributed by atoms with Crippen LogP contribution in [0.4, 0.5) is 14.6 Å². The van der Waals surface area contributed by atoms with Gasteiger partial charge in [-0.3, -0.25) is 0 Å². The highest BCUT2D eigenvalue weighted by atomic mass is 127. The third-order valence-electron chi connectivity index (χ3n) is 1.50. The monoisotopic (exact) mass is 314 g/mol. The fraction of sp³-hybridized carbons (Fsp3) is 0.143. The van der Waals surface area contributed by atoms with E-state index in [4.69, 9.17) is 10.8 Å². The first kappa shape index (κ1) is 11.1. The molecule has 1 rings (SSSR count). The number of nitrogen functional groups attached to an aromatic ring is 1. The average Bonchev–Trinajstić information content (AvgIpc) is 2.01. The molecule has 0 aliphatic heterocycles. The van der Waals surface area contributed by atoms with Crippen molar-refractivity contribution in [2.24, 2.45) is 0 Å². The molecule has 0 spiro atoms. The summed E-state index contributed by atoms with van der Waals surface area (Å²) >= 11 is 1.69. The summed E-state index contributed by atoms with van der Waals surface area (Å²) in [7, 11) is 0. The summed E-state index contributed by atoms with van der Waals surface area (Å²) in [6, 6.07) is 1.00. The van der Waals surface area contributed by atoms with Crippen molar-refractivity contribution in [2.75, 3.05) is 5.73 Å². The molecule has 76 valence electrons. The number of aromatic nitrogens is 1. The van der Waals surface area contributed by atoms with Crippen LogP contribution in [0.25, 0.3) is 0 Å². The topological polar surface area (TPSA) is 76.2 Å². The van der Waals surface area contributed by atoms with Gasteiger partial charge in [0.05, 0.1) is 0 Å². The molecule has 0 unspecified atom stereocenters. The van der Waals surface area contributed by atoms with E-state index in [0.29, 0.717) is 0 Å². The van der Waals surface area contributed by atoms with Gasteiger partial charge in [-0.25, -0.2) is 18.6 Å². The van der Waals surface area contributed by atoms with E-state index < -0.39 is 23.5 Å². The van der Waals surface area contributed by atoms with Crippen LogP contribution in [-0.2, 0) is 0 Å². The van der Waals surface area contributed by atoms with Gasteiger partial charge in [0.2, 0.25) is 0 Å². The van der Waals surface area contributed by atoms with Crippen molar-refractivity contribution in [3.63, 3.8) is 0 Å². The number of carboxylic acid groups (broad SMARTS) is 1. The number of nitrogens with zero attached hydrogens (tertiary/aromatic N) is 1. The fourth-order valence-corrected chi connectivity index (χ4v) is 1.55. The molecule has 7 heteroatoms. The number of rotatable bonds is 2. The lowest BCUT2D eigenvalue weighted by molar-refractivity contribution is 0.0685. The van der Waals surface area contributed by atoms with E-state index in [1.54, 1.807) is 22.6 Å². The summed E-state index contributed by atoms with van der Waals surface area (Å²) < 4.78 is 25.0. The zero-order valence-corrected chi connectivity index (χ0v) is 8.83. The molecule has 0 aliphatic rings. The minimum atomic E-state index is -2.88. The van der Waals surface area contributed by atoms with E-state index in [0.717, 1.165) is 6.07 Å². The Bertz CT molecular complexity index is 384. The van der Waals surface area contributed by atoms with Gasteiger partial charge >= 0.3 is 5.97 Å². The van der Waals surface area contributed by atoms with Crippen LogP contribution in [-0.4, -0.2) is 16.1 Å². The van der Waals surface area contributed by atoms with Gasteiger partial charge in [-0.2, -0.15) is 0 Å². The largest absolute Gasteiger partial charge is 0.478 e. The summed E-state index contributed by atoms with van der Waals surface area (Å²) in [5, 5.41) is 8.63. The number of aromatic carboxylic acids is 1. The number of carboxylic acids is 1. The van der Waals surface area contributed by atoms with Gasteiger partial charge in [-0.05, 0) is 28.7 Å². The minimum absolute atomic E-state index is 0.236. The Morgan fingerprint density at radius 2 is 2.21 bits per heavy atom. The second-order valence-electron chi connectivity index (χ2n) is 2.40. The molecule has 0 bridgehead atoms. The van der Waals surface area contributed by atoms with Crippen LogP contribution >= 0.6 is 22.6 Å². The van der Waals surface area contributed by atoms with Gasteiger partial charge in [0, 0.05) is 5.56 Å². The second-order valence-corrected chi connectivity index (χ2v) is 3.51. The lowest BCUT2D eigenvalue weighted by Gasteiger charge is -2.07. The van der Waals surface area contributed by atoms with Crippen molar-refractivity contribution in [2.45, 2.75) is 6.43 Å². The average molecular weight is 314 g/mol. The molecule has 0 saturated carbocycles. The summed E-state index contributed by atoms with van der Waals surface area (Å²) in [5.41, 5.74) is 4.00. The van der Waals surface area contributed by atoms with Crippen LogP contribution < -0.4 is 5.73 Å². The van der Waals surface area contributed by atoms with Crippen LogP contribution in [0.2, 0.25) is 0 Å². The summed E-state index contributed by atoms with van der Waals surface area (Å²) in [4.78, 5) is 14.2. The Morgan fingerprint density at radius 1 is 1.64 bits per heavy atom. The van der Waals surface area contributed by atoms with E-state index >= 15 is 0 Å². The number of pyridine rings is 1. The zero-order chi connectivity index (χ0) is 10.9. The molecule has 0 radical (unpaired) electrons. The lowest BCUT2D eigenvalue weighted by atomic mass is 10.1. The Balaban J connectivity index is 3.44. The highest BCUT2D eigenvalue weighted by molar-refractivity contribution is 14.1. The molecule has 1 aromatic heterocycles. The predicted molar refractivity (Wildman–Crippen MR) is 53.3 cm³/mol. The molecule has 0 saturated heterocycles. The van der Waals surface area contributed by atoms with Gasteiger partial charge in [-0.15, -0.1) is 0 Å². The van der Waals surface area contributed by atoms with E-state index in [1.165, 1.54) is 0 Å². The predicted octanol–water partition coefficient (Wildman–Crippen LogP) is 1.90. The molecule has 14 heavy (non-hydrogen) atoms. The third kappa shape index (κ3) is 2.08. The molecular formula is C7H5F2IN2O2. The smallest absolute Gasteiger partial charge is 0.339 e. The first-order valence-corrected chi connectivity index (χ1v) is 4.48. The molecule has 0 atom stereocenters. The number of alkyl halides is 2. The van der Waals surface area contributed by atoms with E-state index in [1.807, 2.05) is 0 Å². The molecule has 3 N–H and O–H groups in total. The Morgan fingerprint density at radius 3 is 2.64 bits per heavy atom. The number of hydrogen-bond donors (Lipinski definition) is 2. The molecule has 0 amide bonds.